The number of benzene rings is 1. The van der Waals surface area contributed by atoms with Crippen LogP contribution in [0.4, 0.5) is 0 Å². The third kappa shape index (κ3) is 6.64. The first kappa shape index (κ1) is 20.8. The van der Waals surface area contributed by atoms with Crippen molar-refractivity contribution in [1.82, 2.24) is 15.5 Å². The second kappa shape index (κ2) is 11.2. The Balaban J connectivity index is 0.00000243. The Morgan fingerprint density at radius 1 is 1.23 bits per heavy atom. The number of aliphatic imine (C=N–C) groups is 1. The van der Waals surface area contributed by atoms with Gasteiger partial charge in [0.2, 0.25) is 0 Å². The van der Waals surface area contributed by atoms with Gasteiger partial charge in [0.1, 0.15) is 5.76 Å². The predicted octanol–water partition coefficient (Wildman–Crippen LogP) is 3.27. The first-order valence-electron chi connectivity index (χ1n) is 9.09. The maximum absolute atomic E-state index is 5.36. The second-order valence-corrected chi connectivity index (χ2v) is 6.53. The lowest BCUT2D eigenvalue weighted by atomic mass is 10.0. The summed E-state index contributed by atoms with van der Waals surface area (Å²) in [5, 5.41) is 6.95. The van der Waals surface area contributed by atoms with Crippen LogP contribution in [0.25, 0.3) is 0 Å². The lowest BCUT2D eigenvalue weighted by molar-refractivity contribution is 0.192. The van der Waals surface area contributed by atoms with Crippen molar-refractivity contribution in [2.75, 3.05) is 26.7 Å². The van der Waals surface area contributed by atoms with Crippen molar-refractivity contribution in [2.24, 2.45) is 4.99 Å². The molecule has 2 N–H and O–H groups in total. The Labute approximate surface area is 173 Å². The highest BCUT2D eigenvalue weighted by atomic mass is 127. The van der Waals surface area contributed by atoms with Crippen LogP contribution >= 0.6 is 24.0 Å². The highest BCUT2D eigenvalue weighted by Gasteiger charge is 2.20. The van der Waals surface area contributed by atoms with Crippen LogP contribution in [0.5, 0.6) is 0 Å². The molecule has 1 unspecified atom stereocenters. The van der Waals surface area contributed by atoms with Gasteiger partial charge in [-0.1, -0.05) is 30.3 Å². The van der Waals surface area contributed by atoms with Gasteiger partial charge < -0.3 is 15.1 Å². The molecule has 1 aromatic heterocycles. The molecule has 0 aliphatic carbocycles. The summed E-state index contributed by atoms with van der Waals surface area (Å²) in [7, 11) is 1.83. The molecule has 0 saturated carbocycles. The van der Waals surface area contributed by atoms with Gasteiger partial charge in [0.25, 0.3) is 0 Å². The smallest absolute Gasteiger partial charge is 0.191 e. The molecule has 0 spiro atoms. The number of furan rings is 1. The van der Waals surface area contributed by atoms with Crippen LogP contribution in [-0.2, 0) is 13.0 Å². The number of rotatable bonds is 6. The average Bonchev–Trinajstić information content (AvgIpc) is 3.15. The standard InChI is InChI=1S/C20H28N4O.HI/c1-21-20(22-12-11-19-10-6-14-25-19)23-18-9-5-13-24(16-18)15-17-7-3-2-4-8-17;/h2-4,6-8,10,14,18H,5,9,11-13,15-16H2,1H3,(H2,21,22,23);1H. The van der Waals surface area contributed by atoms with Crippen LogP contribution in [0.15, 0.2) is 58.1 Å². The van der Waals surface area contributed by atoms with E-state index in [9.17, 15) is 0 Å². The molecule has 2 aromatic rings. The number of guanidine groups is 1. The summed E-state index contributed by atoms with van der Waals surface area (Å²) >= 11 is 0. The summed E-state index contributed by atoms with van der Waals surface area (Å²) in [6, 6.07) is 15.1. The van der Waals surface area contributed by atoms with E-state index in [0.717, 1.165) is 44.3 Å². The summed E-state index contributed by atoms with van der Waals surface area (Å²) in [6.45, 7) is 4.04. The maximum atomic E-state index is 5.36. The largest absolute Gasteiger partial charge is 0.469 e. The number of hydrogen-bond donors (Lipinski definition) is 2. The van der Waals surface area contributed by atoms with Crippen molar-refractivity contribution in [2.45, 2.75) is 31.8 Å². The monoisotopic (exact) mass is 468 g/mol. The van der Waals surface area contributed by atoms with E-state index < -0.39 is 0 Å². The minimum absolute atomic E-state index is 0. The van der Waals surface area contributed by atoms with Crippen LogP contribution in [0, 0.1) is 0 Å². The molecule has 1 saturated heterocycles. The summed E-state index contributed by atoms with van der Waals surface area (Å²) in [6.07, 6.45) is 4.97. The van der Waals surface area contributed by atoms with E-state index in [0.29, 0.717) is 6.04 Å². The lowest BCUT2D eigenvalue weighted by Gasteiger charge is -2.34. The normalized spacial score (nSPS) is 18.2. The third-order valence-corrected chi connectivity index (χ3v) is 4.56. The maximum Gasteiger partial charge on any atom is 0.191 e. The Morgan fingerprint density at radius 3 is 2.81 bits per heavy atom. The fraction of sp³-hybridized carbons (Fsp3) is 0.450. The zero-order valence-electron chi connectivity index (χ0n) is 15.4. The number of halogens is 1. The first-order valence-corrected chi connectivity index (χ1v) is 9.09. The summed E-state index contributed by atoms with van der Waals surface area (Å²) < 4.78 is 5.36. The van der Waals surface area contributed by atoms with Gasteiger partial charge in [-0.3, -0.25) is 9.89 Å². The lowest BCUT2D eigenvalue weighted by Crippen LogP contribution is -2.51. The first-order chi connectivity index (χ1) is 12.3. The van der Waals surface area contributed by atoms with Crippen molar-refractivity contribution >= 4 is 29.9 Å². The topological polar surface area (TPSA) is 52.8 Å². The Morgan fingerprint density at radius 2 is 2.08 bits per heavy atom. The molecule has 0 radical (unpaired) electrons. The number of hydrogen-bond acceptors (Lipinski definition) is 3. The molecule has 1 aromatic carbocycles. The van der Waals surface area contributed by atoms with Gasteiger partial charge in [-0.05, 0) is 37.1 Å². The fourth-order valence-electron chi connectivity index (χ4n) is 3.31. The van der Waals surface area contributed by atoms with E-state index in [4.69, 9.17) is 4.42 Å². The van der Waals surface area contributed by atoms with Gasteiger partial charge in [0.05, 0.1) is 6.26 Å². The molecule has 0 bridgehead atoms. The summed E-state index contributed by atoms with van der Waals surface area (Å²) in [5.74, 6) is 1.87. The Kier molecular flexibility index (Phi) is 8.97. The van der Waals surface area contributed by atoms with E-state index >= 15 is 0 Å². The highest BCUT2D eigenvalue weighted by molar-refractivity contribution is 14.0. The van der Waals surface area contributed by atoms with Crippen molar-refractivity contribution in [3.63, 3.8) is 0 Å². The van der Waals surface area contributed by atoms with E-state index in [1.54, 1.807) is 6.26 Å². The Bertz CT molecular complexity index is 645. The van der Waals surface area contributed by atoms with Gasteiger partial charge in [0.15, 0.2) is 5.96 Å². The molecule has 2 heterocycles. The van der Waals surface area contributed by atoms with Crippen LogP contribution < -0.4 is 10.6 Å². The average molecular weight is 468 g/mol. The zero-order chi connectivity index (χ0) is 17.3. The van der Waals surface area contributed by atoms with Crippen LogP contribution in [0.1, 0.15) is 24.2 Å². The number of likely N-dealkylation sites (tertiary alicyclic amines) is 1. The van der Waals surface area contributed by atoms with Gasteiger partial charge in [-0.25, -0.2) is 0 Å². The quantitative estimate of drug-likeness (QED) is 0.388. The van der Waals surface area contributed by atoms with Crippen molar-refractivity contribution in [3.05, 3.63) is 60.1 Å². The molecule has 0 amide bonds. The van der Waals surface area contributed by atoms with Crippen molar-refractivity contribution in [3.8, 4) is 0 Å². The van der Waals surface area contributed by atoms with E-state index in [1.165, 1.54) is 18.4 Å². The third-order valence-electron chi connectivity index (χ3n) is 4.56. The van der Waals surface area contributed by atoms with Gasteiger partial charge >= 0.3 is 0 Å². The molecule has 142 valence electrons. The molecule has 1 fully saturated rings. The summed E-state index contributed by atoms with van der Waals surface area (Å²) in [5.41, 5.74) is 1.38. The minimum Gasteiger partial charge on any atom is -0.469 e. The minimum atomic E-state index is 0. The zero-order valence-corrected chi connectivity index (χ0v) is 17.7. The van der Waals surface area contributed by atoms with Gasteiger partial charge in [-0.15, -0.1) is 24.0 Å². The molecule has 5 nitrogen and oxygen atoms in total. The van der Waals surface area contributed by atoms with Crippen LogP contribution in [-0.4, -0.2) is 43.6 Å². The Hall–Kier alpha value is -1.54. The molecular weight excluding hydrogens is 439 g/mol. The second-order valence-electron chi connectivity index (χ2n) is 6.53. The fourth-order valence-corrected chi connectivity index (χ4v) is 3.31. The molecule has 6 heteroatoms. The molecule has 3 rings (SSSR count). The molecule has 1 aliphatic rings. The number of nitrogens with zero attached hydrogens (tertiary/aromatic N) is 2. The van der Waals surface area contributed by atoms with E-state index in [2.05, 4.69) is 50.9 Å². The molecule has 1 aliphatic heterocycles. The van der Waals surface area contributed by atoms with Gasteiger partial charge in [0, 0.05) is 39.1 Å². The van der Waals surface area contributed by atoms with Gasteiger partial charge in [-0.2, -0.15) is 0 Å². The predicted molar refractivity (Wildman–Crippen MR) is 117 cm³/mol. The molecule has 26 heavy (non-hydrogen) atoms. The van der Waals surface area contributed by atoms with Crippen LogP contribution in [0.2, 0.25) is 0 Å². The highest BCUT2D eigenvalue weighted by Crippen LogP contribution is 2.13. The SMILES string of the molecule is CN=C(NCCc1ccco1)NC1CCCN(Cc2ccccc2)C1.I. The van der Waals surface area contributed by atoms with Crippen molar-refractivity contribution in [1.29, 1.82) is 0 Å². The van der Waals surface area contributed by atoms with E-state index in [-0.39, 0.29) is 24.0 Å². The summed E-state index contributed by atoms with van der Waals surface area (Å²) in [4.78, 5) is 6.88. The number of nitrogens with one attached hydrogen (secondary N) is 2. The molecule has 1 atom stereocenters. The van der Waals surface area contributed by atoms with Crippen LogP contribution in [0.3, 0.4) is 0 Å². The number of piperidine rings is 1. The molecular formula is C20H29IN4O. The van der Waals surface area contributed by atoms with Crippen molar-refractivity contribution < 1.29 is 4.42 Å². The van der Waals surface area contributed by atoms with E-state index in [1.807, 2.05) is 19.2 Å².